The molecule has 3 fully saturated rings. The molecule has 4 heteroatoms. The molecule has 0 amide bonds. The number of hydrogen-bond acceptors (Lipinski definition) is 3. The Bertz CT molecular complexity index is 634. The van der Waals surface area contributed by atoms with E-state index >= 15 is 0 Å². The fourth-order valence-electron chi connectivity index (χ4n) is 5.91. The van der Waals surface area contributed by atoms with Crippen LogP contribution in [0.1, 0.15) is 44.2 Å². The van der Waals surface area contributed by atoms with Gasteiger partial charge in [0.05, 0.1) is 12.5 Å². The molecule has 0 spiro atoms. The van der Waals surface area contributed by atoms with Crippen molar-refractivity contribution in [3.63, 3.8) is 0 Å². The van der Waals surface area contributed by atoms with Gasteiger partial charge in [-0.2, -0.15) is 0 Å². The molecule has 1 aromatic rings. The number of benzene rings is 1. The third-order valence-electron chi connectivity index (χ3n) is 6.97. The van der Waals surface area contributed by atoms with Crippen LogP contribution in [0, 0.1) is 11.8 Å². The van der Waals surface area contributed by atoms with Gasteiger partial charge in [0.15, 0.2) is 0 Å². The lowest BCUT2D eigenvalue weighted by atomic mass is 9.48. The van der Waals surface area contributed by atoms with Crippen molar-refractivity contribution >= 4 is 18.4 Å². The lowest BCUT2D eigenvalue weighted by Crippen LogP contribution is -2.69. The highest BCUT2D eigenvalue weighted by Crippen LogP contribution is 2.59. The molecule has 5 atom stereocenters. The summed E-state index contributed by atoms with van der Waals surface area (Å²) < 4.78 is 5.37. The van der Waals surface area contributed by atoms with E-state index in [0.717, 1.165) is 19.3 Å². The Morgan fingerprint density at radius 1 is 1.29 bits per heavy atom. The third kappa shape index (κ3) is 2.24. The molecule has 3 nitrogen and oxygen atoms in total. The van der Waals surface area contributed by atoms with Crippen LogP contribution in [0.5, 0.6) is 0 Å². The molecule has 1 aromatic carbocycles. The number of hydrogen-bond donors (Lipinski definition) is 0. The minimum absolute atomic E-state index is 0. The largest absolute Gasteiger partial charge is 0.466 e. The van der Waals surface area contributed by atoms with Crippen LogP contribution in [-0.2, 0) is 21.4 Å². The second-order valence-corrected chi connectivity index (χ2v) is 7.58. The predicted octanol–water partition coefficient (Wildman–Crippen LogP) is 3.58. The van der Waals surface area contributed by atoms with Crippen molar-refractivity contribution in [2.75, 3.05) is 13.7 Å². The summed E-state index contributed by atoms with van der Waals surface area (Å²) in [6, 6.07) is 9.91. The van der Waals surface area contributed by atoms with Crippen LogP contribution in [0.3, 0.4) is 0 Å². The van der Waals surface area contributed by atoms with Crippen LogP contribution in [0.4, 0.5) is 0 Å². The van der Waals surface area contributed by atoms with Crippen molar-refractivity contribution in [3.05, 3.63) is 35.4 Å². The topological polar surface area (TPSA) is 29.5 Å². The molecule has 132 valence electrons. The van der Waals surface area contributed by atoms with Gasteiger partial charge in [-0.05, 0) is 56.7 Å². The molecule has 2 aliphatic heterocycles. The average Bonchev–Trinajstić information content (AvgIpc) is 2.58. The highest BCUT2D eigenvalue weighted by atomic mass is 35.5. The van der Waals surface area contributed by atoms with Crippen molar-refractivity contribution in [1.29, 1.82) is 0 Å². The maximum Gasteiger partial charge on any atom is 0.310 e. The first-order valence-corrected chi connectivity index (χ1v) is 9.09. The molecule has 0 aromatic heterocycles. The lowest BCUT2D eigenvalue weighted by molar-refractivity contribution is -0.165. The van der Waals surface area contributed by atoms with Crippen LogP contribution in [0.2, 0.25) is 0 Å². The van der Waals surface area contributed by atoms with Crippen LogP contribution in [-0.4, -0.2) is 36.6 Å². The van der Waals surface area contributed by atoms with Crippen LogP contribution in [0.15, 0.2) is 24.3 Å². The second kappa shape index (κ2) is 6.34. The third-order valence-corrected chi connectivity index (χ3v) is 6.97. The van der Waals surface area contributed by atoms with Crippen molar-refractivity contribution in [2.24, 2.45) is 11.8 Å². The zero-order chi connectivity index (χ0) is 16.2. The zero-order valence-corrected chi connectivity index (χ0v) is 15.6. The summed E-state index contributed by atoms with van der Waals surface area (Å²) in [5.41, 5.74) is 3.35. The minimum atomic E-state index is 0. The summed E-state index contributed by atoms with van der Waals surface area (Å²) in [5, 5.41) is 0. The average molecular weight is 350 g/mol. The Morgan fingerprint density at radius 2 is 2.04 bits per heavy atom. The van der Waals surface area contributed by atoms with E-state index in [1.807, 2.05) is 6.92 Å². The van der Waals surface area contributed by atoms with E-state index in [4.69, 9.17) is 4.74 Å². The molecule has 0 N–H and O–H groups in total. The zero-order valence-electron chi connectivity index (χ0n) is 14.8. The van der Waals surface area contributed by atoms with E-state index in [2.05, 4.69) is 43.1 Å². The van der Waals surface area contributed by atoms with Gasteiger partial charge < -0.3 is 4.74 Å². The van der Waals surface area contributed by atoms with E-state index in [0.29, 0.717) is 24.6 Å². The second-order valence-electron chi connectivity index (χ2n) is 7.58. The van der Waals surface area contributed by atoms with Crippen molar-refractivity contribution in [1.82, 2.24) is 4.90 Å². The normalized spacial score (nSPS) is 36.6. The van der Waals surface area contributed by atoms with E-state index in [-0.39, 0.29) is 29.7 Å². The van der Waals surface area contributed by atoms with Crippen LogP contribution >= 0.6 is 12.4 Å². The van der Waals surface area contributed by atoms with Gasteiger partial charge in [-0.1, -0.05) is 31.2 Å². The molecule has 3 unspecified atom stereocenters. The van der Waals surface area contributed by atoms with Gasteiger partial charge in [0.1, 0.15) is 0 Å². The number of esters is 1. The smallest absolute Gasteiger partial charge is 0.310 e. The summed E-state index contributed by atoms with van der Waals surface area (Å²) in [4.78, 5) is 14.9. The highest BCUT2D eigenvalue weighted by Gasteiger charge is 2.61. The van der Waals surface area contributed by atoms with Crippen LogP contribution in [0.25, 0.3) is 0 Å². The SMILES string of the molecule is CCOC(=O)[C@H]1CC2C3Cc4ccccc4[C@@]2(CC)CC1N3C.Cl. The number of rotatable bonds is 3. The van der Waals surface area contributed by atoms with E-state index < -0.39 is 0 Å². The maximum atomic E-state index is 12.4. The fraction of sp³-hybridized carbons (Fsp3) is 0.650. The Hall–Kier alpha value is -1.06. The summed E-state index contributed by atoms with van der Waals surface area (Å²) >= 11 is 0. The molecule has 2 saturated heterocycles. The Balaban J connectivity index is 0.00000169. The van der Waals surface area contributed by atoms with Crippen molar-refractivity contribution in [2.45, 2.75) is 57.0 Å². The van der Waals surface area contributed by atoms with Gasteiger partial charge >= 0.3 is 5.97 Å². The van der Waals surface area contributed by atoms with Crippen molar-refractivity contribution in [3.8, 4) is 0 Å². The first-order chi connectivity index (χ1) is 11.1. The van der Waals surface area contributed by atoms with Gasteiger partial charge in [0, 0.05) is 17.5 Å². The summed E-state index contributed by atoms with van der Waals surface area (Å²) in [6.45, 7) is 4.72. The maximum absolute atomic E-state index is 12.4. The van der Waals surface area contributed by atoms with E-state index in [1.165, 1.54) is 12.0 Å². The first-order valence-electron chi connectivity index (χ1n) is 9.09. The fourth-order valence-corrected chi connectivity index (χ4v) is 5.91. The van der Waals surface area contributed by atoms with Crippen LogP contribution < -0.4 is 0 Å². The van der Waals surface area contributed by atoms with E-state index in [9.17, 15) is 4.79 Å². The quantitative estimate of drug-likeness (QED) is 0.781. The van der Waals surface area contributed by atoms with E-state index in [1.54, 1.807) is 5.56 Å². The summed E-state index contributed by atoms with van der Waals surface area (Å²) in [6.07, 6.45) is 4.40. The number of piperidine rings is 2. The molecule has 4 aliphatic rings. The molecule has 24 heavy (non-hydrogen) atoms. The molecule has 5 rings (SSSR count). The molecular formula is C20H28ClNO2. The number of fused-ring (bicyclic) bond motifs is 2. The molecule has 2 aliphatic carbocycles. The predicted molar refractivity (Wildman–Crippen MR) is 97.5 cm³/mol. The number of ether oxygens (including phenoxy) is 1. The monoisotopic (exact) mass is 349 g/mol. The number of nitrogens with zero attached hydrogens (tertiary/aromatic N) is 1. The number of likely N-dealkylation sites (N-methyl/N-ethyl adjacent to an activating group) is 1. The Labute approximate surface area is 151 Å². The lowest BCUT2D eigenvalue weighted by Gasteiger charge is -2.64. The number of carbonyl (C=O) groups excluding carboxylic acids is 1. The molecule has 1 saturated carbocycles. The highest BCUT2D eigenvalue weighted by molar-refractivity contribution is 5.85. The van der Waals surface area contributed by atoms with Gasteiger partial charge in [0.2, 0.25) is 0 Å². The van der Waals surface area contributed by atoms with Gasteiger partial charge in [0.25, 0.3) is 0 Å². The first kappa shape index (κ1) is 17.8. The summed E-state index contributed by atoms with van der Waals surface area (Å²) in [7, 11) is 2.22. The Kier molecular flexibility index (Phi) is 4.69. The molecular weight excluding hydrogens is 322 g/mol. The number of carbonyl (C=O) groups is 1. The van der Waals surface area contributed by atoms with Crippen molar-refractivity contribution < 1.29 is 9.53 Å². The number of halogens is 1. The molecule has 2 heterocycles. The van der Waals surface area contributed by atoms with Gasteiger partial charge in [-0.25, -0.2) is 0 Å². The van der Waals surface area contributed by atoms with Gasteiger partial charge in [-0.15, -0.1) is 12.4 Å². The minimum Gasteiger partial charge on any atom is -0.466 e. The summed E-state index contributed by atoms with van der Waals surface area (Å²) in [5.74, 6) is 0.657. The van der Waals surface area contributed by atoms with Gasteiger partial charge in [-0.3, -0.25) is 9.69 Å². The standard InChI is InChI=1S/C20H27NO2.ClH/c1-4-20-12-18-14(19(22)23-5-2)11-16(20)17(21(18)3)10-13-8-6-7-9-15(13)20;/h6-9,14,16-18H,4-5,10-12H2,1-3H3;1H/t14-,16?,17?,18?,20+;/m0./s1. The molecule has 0 radical (unpaired) electrons. The Morgan fingerprint density at radius 3 is 2.75 bits per heavy atom. The molecule has 4 bridgehead atoms.